The summed E-state index contributed by atoms with van der Waals surface area (Å²) in [6.07, 6.45) is 1.18. The number of carbonyl (C=O) groups is 4. The summed E-state index contributed by atoms with van der Waals surface area (Å²) < 4.78 is 45.3. The van der Waals surface area contributed by atoms with Gasteiger partial charge in [0.25, 0.3) is 5.91 Å². The predicted octanol–water partition coefficient (Wildman–Crippen LogP) is 7.75. The minimum absolute atomic E-state index is 0.0186. The molecule has 73 heavy (non-hydrogen) atoms. The maximum absolute atomic E-state index is 15.2. The van der Waals surface area contributed by atoms with E-state index in [9.17, 15) is 19.2 Å². The molecule has 21 heteroatoms. The Morgan fingerprint density at radius 2 is 1.49 bits per heavy atom. The molecule has 6 aromatic rings. The number of aromatic amines is 1. The van der Waals surface area contributed by atoms with E-state index in [1.807, 2.05) is 35.8 Å². The first-order valence-corrected chi connectivity index (χ1v) is 25.1. The average Bonchev–Trinajstić information content (AvgIpc) is 4.04. The van der Waals surface area contributed by atoms with Gasteiger partial charge in [-0.15, -0.1) is 21.5 Å². The number of Topliss-reactive ketones (excluding diaryl/α,β-unsaturated/α-hetero) is 1. The molecule has 0 spiro atoms. The van der Waals surface area contributed by atoms with Crippen LogP contribution in [-0.4, -0.2) is 134 Å². The first kappa shape index (κ1) is 54.6. The van der Waals surface area contributed by atoms with E-state index in [4.69, 9.17) is 57.6 Å². The van der Waals surface area contributed by atoms with Gasteiger partial charge in [-0.25, -0.2) is 4.39 Å². The standard InChI is InChI=1S/C52H57Cl2FN8O9S/c1-31-32(2)73-52-46(31)48(34-12-14-36(53)15-13-34)58-42(50-61-60-33(3)63(50)52)28-45(66)62(4)16-17-68-18-19-69-20-21-70-22-23-71-24-25-72-30-43(64)49-47(38-10-5-6-11-40(38)55)39(29-57-49)51(67)59-41(27-44(56)65)35-8-7-9-37(54)26-35/h5-15,26,29,41-42,57H,16-25,27-28,30H2,1-4H3,(H2,56,65)(H,59,67)/t41-,42-/m0/s1. The van der Waals surface area contributed by atoms with Crippen LogP contribution in [-0.2, 0) is 33.3 Å². The molecule has 0 saturated carbocycles. The van der Waals surface area contributed by atoms with Gasteiger partial charge in [0.15, 0.2) is 5.82 Å². The first-order valence-electron chi connectivity index (χ1n) is 23.5. The molecule has 3 amide bonds. The minimum Gasteiger partial charge on any atom is -0.377 e. The normalized spacial score (nSPS) is 13.5. The van der Waals surface area contributed by atoms with Crippen molar-refractivity contribution in [1.29, 1.82) is 0 Å². The number of aromatic nitrogens is 4. The molecule has 1 aliphatic heterocycles. The monoisotopic (exact) mass is 1060 g/mol. The number of H-pyrrole nitrogens is 1. The zero-order valence-corrected chi connectivity index (χ0v) is 43.2. The molecule has 3 aromatic heterocycles. The van der Waals surface area contributed by atoms with Crippen molar-refractivity contribution in [3.63, 3.8) is 0 Å². The number of thiophene rings is 1. The Hall–Kier alpha value is -6.16. The highest BCUT2D eigenvalue weighted by molar-refractivity contribution is 7.15. The SMILES string of the molecule is Cc1sc2c(c1C)C(c1ccc(Cl)cc1)=N[C@@H](CC(=O)N(C)CCOCCOCCOCCOCCOCC(=O)c1[nH]cc(C(=O)N[C@@H](CC(N)=O)c3cccc(Cl)c3)c1-c1ccccc1F)c1nnc(C)n1-2. The Balaban J connectivity index is 0.770. The molecule has 0 saturated heterocycles. The van der Waals surface area contributed by atoms with E-state index < -0.39 is 35.5 Å². The smallest absolute Gasteiger partial charge is 0.253 e. The number of hydrogen-bond acceptors (Lipinski definition) is 13. The number of rotatable bonds is 27. The van der Waals surface area contributed by atoms with Crippen molar-refractivity contribution in [2.24, 2.45) is 10.7 Å². The molecule has 0 unspecified atom stereocenters. The van der Waals surface area contributed by atoms with Crippen LogP contribution in [0.3, 0.4) is 0 Å². The van der Waals surface area contributed by atoms with Crippen LogP contribution in [0.25, 0.3) is 16.1 Å². The van der Waals surface area contributed by atoms with E-state index in [-0.39, 0.29) is 67.6 Å². The maximum atomic E-state index is 15.2. The van der Waals surface area contributed by atoms with Gasteiger partial charge in [-0.1, -0.05) is 65.7 Å². The van der Waals surface area contributed by atoms with Crippen molar-refractivity contribution in [2.45, 2.75) is 45.7 Å². The highest BCUT2D eigenvalue weighted by atomic mass is 35.5. The largest absolute Gasteiger partial charge is 0.377 e. The summed E-state index contributed by atoms with van der Waals surface area (Å²) in [4.78, 5) is 63.4. The van der Waals surface area contributed by atoms with Crippen LogP contribution in [0.4, 0.5) is 4.39 Å². The van der Waals surface area contributed by atoms with E-state index in [1.165, 1.54) is 29.3 Å². The van der Waals surface area contributed by atoms with Crippen LogP contribution in [0, 0.1) is 26.6 Å². The Labute approximate surface area is 436 Å². The van der Waals surface area contributed by atoms with Gasteiger partial charge >= 0.3 is 0 Å². The Kier molecular flexibility index (Phi) is 19.6. The number of ether oxygens (including phenoxy) is 5. The van der Waals surface area contributed by atoms with Crippen molar-refractivity contribution in [2.75, 3.05) is 79.7 Å². The fourth-order valence-corrected chi connectivity index (χ4v) is 9.61. The second-order valence-electron chi connectivity index (χ2n) is 17.0. The van der Waals surface area contributed by atoms with Crippen molar-refractivity contribution in [1.82, 2.24) is 30.0 Å². The average molecular weight is 1060 g/mol. The van der Waals surface area contributed by atoms with Crippen LogP contribution < -0.4 is 11.1 Å². The summed E-state index contributed by atoms with van der Waals surface area (Å²) in [5.41, 5.74) is 9.86. The van der Waals surface area contributed by atoms with Gasteiger partial charge in [0.05, 0.1) is 95.3 Å². The maximum Gasteiger partial charge on any atom is 0.253 e. The third-order valence-electron chi connectivity index (χ3n) is 12.0. The highest BCUT2D eigenvalue weighted by Crippen LogP contribution is 2.40. The number of carbonyl (C=O) groups excluding carboxylic acids is 4. The lowest BCUT2D eigenvalue weighted by Crippen LogP contribution is -2.32. The lowest BCUT2D eigenvalue weighted by atomic mass is 9.97. The van der Waals surface area contributed by atoms with Crippen molar-refractivity contribution in [3.05, 3.63) is 145 Å². The van der Waals surface area contributed by atoms with Crippen LogP contribution in [0.5, 0.6) is 0 Å². The second-order valence-corrected chi connectivity index (χ2v) is 19.1. The van der Waals surface area contributed by atoms with Crippen molar-refractivity contribution >= 4 is 63.8 Å². The summed E-state index contributed by atoms with van der Waals surface area (Å²) in [7, 11) is 1.74. The molecule has 0 fully saturated rings. The minimum atomic E-state index is -0.844. The molecule has 2 atom stereocenters. The fourth-order valence-electron chi connectivity index (χ4n) is 8.08. The molecule has 7 rings (SSSR count). The number of amides is 3. The number of nitrogens with zero attached hydrogens (tertiary/aromatic N) is 5. The van der Waals surface area contributed by atoms with Crippen molar-refractivity contribution < 1.29 is 47.3 Å². The zero-order valence-electron chi connectivity index (χ0n) is 40.9. The summed E-state index contributed by atoms with van der Waals surface area (Å²) in [6.45, 7) is 8.58. The molecule has 1 aliphatic rings. The lowest BCUT2D eigenvalue weighted by molar-refractivity contribution is -0.131. The van der Waals surface area contributed by atoms with Gasteiger partial charge in [-0.3, -0.25) is 28.7 Å². The van der Waals surface area contributed by atoms with Crippen molar-refractivity contribution in [3.8, 4) is 16.1 Å². The van der Waals surface area contributed by atoms with Gasteiger partial charge < -0.3 is 44.6 Å². The number of fused-ring (bicyclic) bond motifs is 3. The molecule has 3 aromatic carbocycles. The van der Waals surface area contributed by atoms with Gasteiger partial charge in [0.1, 0.15) is 29.3 Å². The number of aryl methyl sites for hydroxylation is 2. The van der Waals surface area contributed by atoms with Gasteiger partial charge in [-0.2, -0.15) is 0 Å². The summed E-state index contributed by atoms with van der Waals surface area (Å²) in [6, 6.07) is 18.5. The lowest BCUT2D eigenvalue weighted by Gasteiger charge is -2.20. The quantitative estimate of drug-likeness (QED) is 0.0335. The van der Waals surface area contributed by atoms with E-state index in [1.54, 1.807) is 53.6 Å². The molecule has 4 N–H and O–H groups in total. The number of nitrogens with two attached hydrogens (primary N) is 1. The molecule has 386 valence electrons. The Bertz CT molecular complexity index is 2920. The number of aliphatic imine (C=N–C) groups is 1. The number of ketones is 1. The zero-order chi connectivity index (χ0) is 52.0. The van der Waals surface area contributed by atoms with Gasteiger partial charge in [-0.05, 0) is 62.2 Å². The molecule has 4 heterocycles. The molecular formula is C52H57Cl2FN8O9S. The molecular weight excluding hydrogens is 1000 g/mol. The second kappa shape index (κ2) is 26.2. The Morgan fingerprint density at radius 3 is 2.15 bits per heavy atom. The fraction of sp³-hybridized carbons (Fsp3) is 0.365. The third kappa shape index (κ3) is 14.1. The summed E-state index contributed by atoms with van der Waals surface area (Å²) >= 11 is 14.1. The molecule has 0 aliphatic carbocycles. The van der Waals surface area contributed by atoms with Gasteiger partial charge in [0.2, 0.25) is 17.6 Å². The van der Waals surface area contributed by atoms with E-state index in [2.05, 4.69) is 34.3 Å². The van der Waals surface area contributed by atoms with Crippen LogP contribution in [0.2, 0.25) is 10.0 Å². The number of likely N-dealkylation sites (N-methyl/N-ethyl adjacent to an activating group) is 1. The van der Waals surface area contributed by atoms with E-state index in [0.717, 1.165) is 33.2 Å². The third-order valence-corrected chi connectivity index (χ3v) is 13.6. The van der Waals surface area contributed by atoms with Crippen LogP contribution in [0.1, 0.15) is 84.6 Å². The number of halogens is 3. The first-order chi connectivity index (χ1) is 35.2. The Morgan fingerprint density at radius 1 is 0.836 bits per heavy atom. The molecule has 0 bridgehead atoms. The predicted molar refractivity (Wildman–Crippen MR) is 276 cm³/mol. The van der Waals surface area contributed by atoms with Crippen LogP contribution in [0.15, 0.2) is 84.0 Å². The molecule has 17 nitrogen and oxygen atoms in total. The van der Waals surface area contributed by atoms with Crippen LogP contribution >= 0.6 is 34.5 Å². The number of benzene rings is 3. The number of hydrogen-bond donors (Lipinski definition) is 3. The number of primary amides is 1. The summed E-state index contributed by atoms with van der Waals surface area (Å²) in [5.74, 6) is -1.27. The van der Waals surface area contributed by atoms with E-state index in [0.29, 0.717) is 67.6 Å². The van der Waals surface area contributed by atoms with Gasteiger partial charge in [0, 0.05) is 57.0 Å². The topological polar surface area (TPSA) is 215 Å². The summed E-state index contributed by atoms with van der Waals surface area (Å²) in [5, 5.41) is 13.7. The molecule has 0 radical (unpaired) electrons. The highest BCUT2D eigenvalue weighted by Gasteiger charge is 2.33. The number of nitrogens with one attached hydrogen (secondary N) is 2. The van der Waals surface area contributed by atoms with E-state index >= 15 is 4.39 Å².